The fourth-order valence-electron chi connectivity index (χ4n) is 2.62. The lowest BCUT2D eigenvalue weighted by Gasteiger charge is -2.05. The van der Waals surface area contributed by atoms with Crippen LogP contribution in [0.2, 0.25) is 0 Å². The Kier molecular flexibility index (Phi) is 4.93. The number of hydrogen-bond acceptors (Lipinski definition) is 6. The molecule has 0 aliphatic heterocycles. The minimum atomic E-state index is -4.02. The molecule has 0 saturated heterocycles. The number of rotatable bonds is 5. The molecule has 0 unspecified atom stereocenters. The van der Waals surface area contributed by atoms with Crippen LogP contribution in [0.15, 0.2) is 88.9 Å². The molecular formula is C21H16N2O3S2. The zero-order valence-corrected chi connectivity index (χ0v) is 16.6. The fourth-order valence-corrected chi connectivity index (χ4v) is 4.33. The molecule has 0 N–H and O–H groups in total. The van der Waals surface area contributed by atoms with Crippen LogP contribution in [0.4, 0.5) is 0 Å². The molecule has 0 bridgehead atoms. The first kappa shape index (κ1) is 18.3. The van der Waals surface area contributed by atoms with Gasteiger partial charge in [-0.05, 0) is 31.2 Å². The zero-order chi connectivity index (χ0) is 19.6. The lowest BCUT2D eigenvalue weighted by atomic mass is 10.1. The Balaban J connectivity index is 1.78. The number of oxime groups is 1. The second kappa shape index (κ2) is 7.53. The molecule has 0 aliphatic carbocycles. The highest BCUT2D eigenvalue weighted by Gasteiger charge is 2.19. The van der Waals surface area contributed by atoms with Gasteiger partial charge in [0.2, 0.25) is 0 Å². The van der Waals surface area contributed by atoms with Crippen LogP contribution >= 0.6 is 11.3 Å². The highest BCUT2D eigenvalue weighted by molar-refractivity contribution is 7.86. The maximum absolute atomic E-state index is 12.5. The van der Waals surface area contributed by atoms with E-state index in [2.05, 4.69) is 10.1 Å². The van der Waals surface area contributed by atoms with Crippen molar-refractivity contribution in [2.24, 2.45) is 5.16 Å². The van der Waals surface area contributed by atoms with Gasteiger partial charge >= 0.3 is 10.1 Å². The van der Waals surface area contributed by atoms with E-state index < -0.39 is 10.1 Å². The average molecular weight is 409 g/mol. The van der Waals surface area contributed by atoms with Gasteiger partial charge in [-0.25, -0.2) is 4.98 Å². The Morgan fingerprint density at radius 1 is 0.929 bits per heavy atom. The molecule has 0 fully saturated rings. The third-order valence-corrected chi connectivity index (χ3v) is 6.24. The number of thiazole rings is 1. The maximum atomic E-state index is 12.5. The number of para-hydroxylation sites is 1. The van der Waals surface area contributed by atoms with E-state index in [1.807, 2.05) is 55.5 Å². The lowest BCUT2D eigenvalue weighted by Crippen LogP contribution is -2.08. The van der Waals surface area contributed by atoms with Gasteiger partial charge in [-0.2, -0.15) is 8.42 Å². The zero-order valence-electron chi connectivity index (χ0n) is 14.9. The van der Waals surface area contributed by atoms with Crippen LogP contribution in [0.3, 0.4) is 0 Å². The largest absolute Gasteiger partial charge is 0.358 e. The topological polar surface area (TPSA) is 68.6 Å². The number of fused-ring (bicyclic) bond motifs is 1. The molecule has 5 nitrogen and oxygen atoms in total. The summed E-state index contributed by atoms with van der Waals surface area (Å²) in [6, 6.07) is 23.3. The van der Waals surface area contributed by atoms with Gasteiger partial charge < -0.3 is 0 Å². The van der Waals surface area contributed by atoms with E-state index in [-0.39, 0.29) is 4.90 Å². The average Bonchev–Trinajstić information content (AvgIpc) is 3.14. The summed E-state index contributed by atoms with van der Waals surface area (Å²) in [5.74, 6) is 0. The quantitative estimate of drug-likeness (QED) is 0.353. The van der Waals surface area contributed by atoms with Gasteiger partial charge in [-0.1, -0.05) is 65.3 Å². The van der Waals surface area contributed by atoms with E-state index in [1.165, 1.54) is 23.5 Å². The van der Waals surface area contributed by atoms with Gasteiger partial charge in [0.25, 0.3) is 0 Å². The van der Waals surface area contributed by atoms with Crippen molar-refractivity contribution in [3.63, 3.8) is 0 Å². The molecule has 0 spiro atoms. The van der Waals surface area contributed by atoms with Crippen molar-refractivity contribution in [2.75, 3.05) is 0 Å². The number of nitrogens with zero attached hydrogens (tertiary/aromatic N) is 2. The van der Waals surface area contributed by atoms with E-state index in [4.69, 9.17) is 4.28 Å². The van der Waals surface area contributed by atoms with E-state index in [1.54, 1.807) is 18.2 Å². The van der Waals surface area contributed by atoms with Crippen molar-refractivity contribution in [1.29, 1.82) is 0 Å². The molecule has 4 aromatic rings. The van der Waals surface area contributed by atoms with Crippen LogP contribution in [0, 0.1) is 6.92 Å². The molecule has 3 aromatic carbocycles. The highest BCUT2D eigenvalue weighted by atomic mass is 32.2. The van der Waals surface area contributed by atoms with Gasteiger partial charge in [-0.3, -0.25) is 4.28 Å². The molecule has 0 aliphatic rings. The Morgan fingerprint density at radius 3 is 2.32 bits per heavy atom. The lowest BCUT2D eigenvalue weighted by molar-refractivity contribution is 0.339. The molecule has 0 radical (unpaired) electrons. The fraction of sp³-hybridized carbons (Fsp3) is 0.0476. The summed E-state index contributed by atoms with van der Waals surface area (Å²) in [4.78, 5) is 4.65. The van der Waals surface area contributed by atoms with E-state index in [9.17, 15) is 8.42 Å². The first-order valence-corrected chi connectivity index (χ1v) is 10.7. The van der Waals surface area contributed by atoms with Crippen LogP contribution in [0.5, 0.6) is 0 Å². The molecule has 0 atom stereocenters. The maximum Gasteiger partial charge on any atom is 0.358 e. The predicted octanol–water partition coefficient (Wildman–Crippen LogP) is 4.76. The minimum Gasteiger partial charge on any atom is -0.264 e. The third-order valence-electron chi connectivity index (χ3n) is 4.08. The number of aromatic nitrogens is 1. The molecule has 1 aromatic heterocycles. The highest BCUT2D eigenvalue weighted by Crippen LogP contribution is 2.25. The van der Waals surface area contributed by atoms with Crippen molar-refractivity contribution in [1.82, 2.24) is 4.98 Å². The van der Waals surface area contributed by atoms with Gasteiger partial charge in [0.05, 0.1) is 10.2 Å². The van der Waals surface area contributed by atoms with Gasteiger partial charge in [0.1, 0.15) is 15.6 Å². The van der Waals surface area contributed by atoms with Crippen LogP contribution in [-0.4, -0.2) is 19.1 Å². The van der Waals surface area contributed by atoms with E-state index >= 15 is 0 Å². The molecule has 1 heterocycles. The monoisotopic (exact) mass is 408 g/mol. The normalized spacial score (nSPS) is 12.2. The number of aryl methyl sites for hydroxylation is 1. The molecule has 4 rings (SSSR count). The summed E-state index contributed by atoms with van der Waals surface area (Å²) >= 11 is 1.43. The first-order chi connectivity index (χ1) is 13.5. The Labute approximate surface area is 167 Å². The van der Waals surface area contributed by atoms with Crippen molar-refractivity contribution in [2.45, 2.75) is 11.8 Å². The van der Waals surface area contributed by atoms with Crippen LogP contribution in [0.25, 0.3) is 10.2 Å². The van der Waals surface area contributed by atoms with Crippen molar-refractivity contribution in [3.05, 3.63) is 95.0 Å². The summed E-state index contributed by atoms with van der Waals surface area (Å²) in [5, 5.41) is 4.60. The summed E-state index contributed by atoms with van der Waals surface area (Å²) in [6.45, 7) is 1.98. The summed E-state index contributed by atoms with van der Waals surface area (Å²) in [7, 11) is -4.02. The van der Waals surface area contributed by atoms with E-state index in [0.717, 1.165) is 21.3 Å². The van der Waals surface area contributed by atoms with Gasteiger partial charge in [-0.15, -0.1) is 11.3 Å². The third kappa shape index (κ3) is 3.81. The molecule has 7 heteroatoms. The second-order valence-corrected chi connectivity index (χ2v) is 8.69. The Morgan fingerprint density at radius 2 is 1.61 bits per heavy atom. The van der Waals surface area contributed by atoms with Crippen molar-refractivity contribution in [3.8, 4) is 0 Å². The first-order valence-electron chi connectivity index (χ1n) is 8.53. The van der Waals surface area contributed by atoms with Crippen LogP contribution in [-0.2, 0) is 14.4 Å². The van der Waals surface area contributed by atoms with Crippen LogP contribution in [0.1, 0.15) is 16.1 Å². The standard InChI is InChI=1S/C21H16N2O3S2/c1-15-11-13-16(14-12-15)20(21-22-18-9-5-6-10-19(18)27-21)23-26-28(24,25)17-7-3-2-4-8-17/h2-14H,1H3/b23-20+. The molecule has 0 amide bonds. The summed E-state index contributed by atoms with van der Waals surface area (Å²) in [6.07, 6.45) is 0. The number of hydrogen-bond donors (Lipinski definition) is 0. The van der Waals surface area contributed by atoms with E-state index in [0.29, 0.717) is 10.7 Å². The van der Waals surface area contributed by atoms with Gasteiger partial charge in [0.15, 0.2) is 0 Å². The molecule has 0 saturated carbocycles. The van der Waals surface area contributed by atoms with Crippen molar-refractivity contribution < 1.29 is 12.7 Å². The minimum absolute atomic E-state index is 0.0475. The van der Waals surface area contributed by atoms with Crippen molar-refractivity contribution >= 4 is 37.4 Å². The molecule has 140 valence electrons. The number of benzene rings is 3. The smallest absolute Gasteiger partial charge is 0.264 e. The van der Waals surface area contributed by atoms with Crippen LogP contribution < -0.4 is 0 Å². The second-order valence-electron chi connectivity index (χ2n) is 6.13. The summed E-state index contributed by atoms with van der Waals surface area (Å²) < 4.78 is 31.0. The Hall–Kier alpha value is -3.03. The SMILES string of the molecule is Cc1ccc(/C(=N\OS(=O)(=O)c2ccccc2)c2nc3ccccc3s2)cc1. The summed E-state index contributed by atoms with van der Waals surface area (Å²) in [5.41, 5.74) is 3.02. The predicted molar refractivity (Wildman–Crippen MR) is 111 cm³/mol. The molecule has 28 heavy (non-hydrogen) atoms. The Bertz CT molecular complexity index is 1210. The van der Waals surface area contributed by atoms with Gasteiger partial charge in [0, 0.05) is 5.56 Å². The molecular weight excluding hydrogens is 392 g/mol.